The van der Waals surface area contributed by atoms with Crippen molar-refractivity contribution in [2.24, 2.45) is 0 Å². The Bertz CT molecular complexity index is 898. The summed E-state index contributed by atoms with van der Waals surface area (Å²) in [7, 11) is 4.01. The fourth-order valence-electron chi connectivity index (χ4n) is 2.65. The van der Waals surface area contributed by atoms with Crippen molar-refractivity contribution in [3.05, 3.63) is 53.0 Å². The Labute approximate surface area is 140 Å². The minimum absolute atomic E-state index is 0.180. The minimum atomic E-state index is -0.180. The summed E-state index contributed by atoms with van der Waals surface area (Å²) >= 11 is 0. The average Bonchev–Trinajstić information content (AvgIpc) is 2.88. The van der Waals surface area contributed by atoms with Gasteiger partial charge in [-0.1, -0.05) is 17.7 Å². The Morgan fingerprint density at radius 2 is 2.04 bits per heavy atom. The van der Waals surface area contributed by atoms with E-state index in [2.05, 4.69) is 31.2 Å². The molecule has 3 rings (SSSR count). The van der Waals surface area contributed by atoms with Gasteiger partial charge in [-0.25, -0.2) is 9.97 Å². The zero-order valence-corrected chi connectivity index (χ0v) is 14.3. The number of carbonyl (C=O) groups excluding carboxylic acids is 1. The molecule has 0 saturated heterocycles. The van der Waals surface area contributed by atoms with E-state index >= 15 is 0 Å². The predicted molar refractivity (Wildman–Crippen MR) is 95.1 cm³/mol. The Kier molecular flexibility index (Phi) is 4.31. The first-order valence-electron chi connectivity index (χ1n) is 7.80. The molecule has 6 nitrogen and oxygen atoms in total. The highest BCUT2D eigenvalue weighted by molar-refractivity contribution is 6.05. The SMILES string of the molecule is Cc1ccc(NC(=O)c2cnc3nc(C)[nH]c3c2)c(CN(C)C)c1. The monoisotopic (exact) mass is 323 g/mol. The number of H-pyrrole nitrogens is 1. The third-order valence-electron chi connectivity index (χ3n) is 3.71. The number of anilines is 1. The van der Waals surface area contributed by atoms with Crippen LogP contribution in [0.4, 0.5) is 5.69 Å². The number of nitrogens with one attached hydrogen (secondary N) is 2. The molecule has 2 aromatic heterocycles. The van der Waals surface area contributed by atoms with E-state index in [0.717, 1.165) is 29.1 Å². The summed E-state index contributed by atoms with van der Waals surface area (Å²) in [6.07, 6.45) is 1.55. The summed E-state index contributed by atoms with van der Waals surface area (Å²) in [6, 6.07) is 7.81. The Morgan fingerprint density at radius 1 is 1.25 bits per heavy atom. The summed E-state index contributed by atoms with van der Waals surface area (Å²) in [5.74, 6) is 0.599. The van der Waals surface area contributed by atoms with Crippen LogP contribution in [0.25, 0.3) is 11.2 Å². The third kappa shape index (κ3) is 3.44. The van der Waals surface area contributed by atoms with E-state index in [1.165, 1.54) is 5.56 Å². The van der Waals surface area contributed by atoms with Gasteiger partial charge < -0.3 is 15.2 Å². The molecule has 24 heavy (non-hydrogen) atoms. The van der Waals surface area contributed by atoms with Crippen molar-refractivity contribution in [3.8, 4) is 0 Å². The lowest BCUT2D eigenvalue weighted by Crippen LogP contribution is -2.17. The van der Waals surface area contributed by atoms with Crippen molar-refractivity contribution in [2.45, 2.75) is 20.4 Å². The zero-order valence-electron chi connectivity index (χ0n) is 14.3. The molecular formula is C18H21N5O. The maximum absolute atomic E-state index is 12.6. The number of rotatable bonds is 4. The van der Waals surface area contributed by atoms with Gasteiger partial charge in [0.2, 0.25) is 0 Å². The van der Waals surface area contributed by atoms with E-state index in [0.29, 0.717) is 11.2 Å². The van der Waals surface area contributed by atoms with E-state index in [9.17, 15) is 4.79 Å². The van der Waals surface area contributed by atoms with E-state index in [-0.39, 0.29) is 5.91 Å². The number of aromatic nitrogens is 3. The first-order valence-corrected chi connectivity index (χ1v) is 7.80. The van der Waals surface area contributed by atoms with Crippen LogP contribution in [0.1, 0.15) is 27.3 Å². The van der Waals surface area contributed by atoms with Crippen LogP contribution in [-0.4, -0.2) is 39.9 Å². The molecule has 0 spiro atoms. The summed E-state index contributed by atoms with van der Waals surface area (Å²) in [4.78, 5) is 26.3. The van der Waals surface area contributed by atoms with Crippen LogP contribution in [-0.2, 0) is 6.54 Å². The molecule has 0 aliphatic carbocycles. The highest BCUT2D eigenvalue weighted by atomic mass is 16.1. The molecule has 0 radical (unpaired) electrons. The van der Waals surface area contributed by atoms with Crippen molar-refractivity contribution in [2.75, 3.05) is 19.4 Å². The molecule has 0 aliphatic rings. The number of benzene rings is 1. The van der Waals surface area contributed by atoms with Gasteiger partial charge in [0.15, 0.2) is 5.65 Å². The molecule has 3 aromatic rings. The quantitative estimate of drug-likeness (QED) is 0.774. The van der Waals surface area contributed by atoms with Gasteiger partial charge in [0.1, 0.15) is 5.82 Å². The van der Waals surface area contributed by atoms with Gasteiger partial charge >= 0.3 is 0 Å². The number of hydrogen-bond donors (Lipinski definition) is 2. The Morgan fingerprint density at radius 3 is 2.79 bits per heavy atom. The lowest BCUT2D eigenvalue weighted by molar-refractivity contribution is 0.102. The highest BCUT2D eigenvalue weighted by Gasteiger charge is 2.12. The molecular weight excluding hydrogens is 302 g/mol. The molecule has 0 unspecified atom stereocenters. The van der Waals surface area contributed by atoms with Gasteiger partial charge in [-0.2, -0.15) is 0 Å². The molecule has 0 atom stereocenters. The number of amides is 1. The molecule has 2 N–H and O–H groups in total. The van der Waals surface area contributed by atoms with Crippen molar-refractivity contribution in [3.63, 3.8) is 0 Å². The smallest absolute Gasteiger partial charge is 0.257 e. The van der Waals surface area contributed by atoms with Gasteiger partial charge in [-0.3, -0.25) is 4.79 Å². The summed E-state index contributed by atoms with van der Waals surface area (Å²) in [5.41, 5.74) is 4.95. The number of pyridine rings is 1. The molecule has 1 amide bonds. The fourth-order valence-corrected chi connectivity index (χ4v) is 2.65. The van der Waals surface area contributed by atoms with Crippen LogP contribution >= 0.6 is 0 Å². The average molecular weight is 323 g/mol. The predicted octanol–water partition coefficient (Wildman–Crippen LogP) is 2.89. The van der Waals surface area contributed by atoms with Crippen LogP contribution in [0.5, 0.6) is 0 Å². The second kappa shape index (κ2) is 6.41. The largest absolute Gasteiger partial charge is 0.341 e. The number of aryl methyl sites for hydroxylation is 2. The number of imidazole rings is 1. The van der Waals surface area contributed by atoms with Gasteiger partial charge in [-0.15, -0.1) is 0 Å². The van der Waals surface area contributed by atoms with Crippen LogP contribution in [0.15, 0.2) is 30.5 Å². The fraction of sp³-hybridized carbons (Fsp3) is 0.278. The summed E-state index contributed by atoms with van der Waals surface area (Å²) in [5, 5.41) is 2.99. The molecule has 6 heteroatoms. The molecule has 0 aliphatic heterocycles. The molecule has 0 fully saturated rings. The number of fused-ring (bicyclic) bond motifs is 1. The van der Waals surface area contributed by atoms with Crippen molar-refractivity contribution >= 4 is 22.8 Å². The molecule has 2 heterocycles. The summed E-state index contributed by atoms with van der Waals surface area (Å²) < 4.78 is 0. The Hall–Kier alpha value is -2.73. The maximum atomic E-state index is 12.6. The van der Waals surface area contributed by atoms with Crippen LogP contribution in [0.2, 0.25) is 0 Å². The van der Waals surface area contributed by atoms with Gasteiger partial charge in [0.25, 0.3) is 5.91 Å². The topological polar surface area (TPSA) is 73.9 Å². The maximum Gasteiger partial charge on any atom is 0.257 e. The first kappa shape index (κ1) is 16.1. The zero-order chi connectivity index (χ0) is 17.3. The second-order valence-corrected chi connectivity index (χ2v) is 6.27. The second-order valence-electron chi connectivity index (χ2n) is 6.27. The lowest BCUT2D eigenvalue weighted by Gasteiger charge is -2.15. The van der Waals surface area contributed by atoms with E-state index < -0.39 is 0 Å². The third-order valence-corrected chi connectivity index (χ3v) is 3.71. The van der Waals surface area contributed by atoms with Crippen LogP contribution in [0, 0.1) is 13.8 Å². The number of hydrogen-bond acceptors (Lipinski definition) is 4. The van der Waals surface area contributed by atoms with E-state index in [1.54, 1.807) is 12.3 Å². The van der Waals surface area contributed by atoms with Gasteiger partial charge in [-0.05, 0) is 45.6 Å². The normalized spacial score (nSPS) is 11.2. The standard InChI is InChI=1S/C18H21N5O/c1-11-5-6-15(14(7-11)10-23(3)4)22-18(24)13-8-16-17(19-9-13)21-12(2)20-16/h5-9H,10H2,1-4H3,(H,22,24)(H,19,20,21). The minimum Gasteiger partial charge on any atom is -0.341 e. The number of aromatic amines is 1. The summed E-state index contributed by atoms with van der Waals surface area (Å²) in [6.45, 7) is 4.67. The highest BCUT2D eigenvalue weighted by Crippen LogP contribution is 2.20. The Balaban J connectivity index is 1.87. The van der Waals surface area contributed by atoms with Crippen LogP contribution < -0.4 is 5.32 Å². The molecule has 1 aromatic carbocycles. The molecule has 0 saturated carbocycles. The molecule has 0 bridgehead atoms. The van der Waals surface area contributed by atoms with Gasteiger partial charge in [0.05, 0.1) is 11.1 Å². The van der Waals surface area contributed by atoms with Crippen molar-refractivity contribution < 1.29 is 4.79 Å². The van der Waals surface area contributed by atoms with Crippen molar-refractivity contribution in [1.29, 1.82) is 0 Å². The number of carbonyl (C=O) groups is 1. The van der Waals surface area contributed by atoms with E-state index in [4.69, 9.17) is 0 Å². The lowest BCUT2D eigenvalue weighted by atomic mass is 10.1. The van der Waals surface area contributed by atoms with Gasteiger partial charge in [0, 0.05) is 18.4 Å². The van der Waals surface area contributed by atoms with Crippen molar-refractivity contribution in [1.82, 2.24) is 19.9 Å². The number of nitrogens with zero attached hydrogens (tertiary/aromatic N) is 3. The first-order chi connectivity index (χ1) is 11.4. The van der Waals surface area contributed by atoms with Crippen LogP contribution in [0.3, 0.4) is 0 Å². The van der Waals surface area contributed by atoms with E-state index in [1.807, 2.05) is 40.1 Å². The molecule has 124 valence electrons.